The summed E-state index contributed by atoms with van der Waals surface area (Å²) in [5, 5.41) is 16.8. The van der Waals surface area contributed by atoms with E-state index in [1.165, 1.54) is 18.2 Å². The molecule has 4 aromatic carbocycles. The smallest absolute Gasteiger partial charge is 0.256 e. The van der Waals surface area contributed by atoms with Gasteiger partial charge in [0, 0.05) is 38.8 Å². The second-order valence-corrected chi connectivity index (χ2v) is 14.7. The molecule has 1 aromatic heterocycles. The molecule has 13 heteroatoms. The minimum absolute atomic E-state index is 0.0344. The van der Waals surface area contributed by atoms with Gasteiger partial charge >= 0.3 is 0 Å². The van der Waals surface area contributed by atoms with Crippen molar-refractivity contribution in [1.82, 2.24) is 20.2 Å². The van der Waals surface area contributed by atoms with Gasteiger partial charge in [-0.3, -0.25) is 19.6 Å². The number of hydrogen-bond donors (Lipinski definition) is 3. The summed E-state index contributed by atoms with van der Waals surface area (Å²) in [5.74, 6) is 1.47. The summed E-state index contributed by atoms with van der Waals surface area (Å²) in [7, 11) is 4.81. The van der Waals surface area contributed by atoms with E-state index in [2.05, 4.69) is 22.9 Å². The van der Waals surface area contributed by atoms with E-state index in [1.54, 1.807) is 42.3 Å². The second-order valence-electron chi connectivity index (χ2n) is 14.7. The third-order valence-electron chi connectivity index (χ3n) is 11.5. The molecule has 0 aliphatic carbocycles. The highest BCUT2D eigenvalue weighted by Crippen LogP contribution is 2.41. The van der Waals surface area contributed by atoms with Crippen molar-refractivity contribution in [3.05, 3.63) is 136 Å². The van der Waals surface area contributed by atoms with Crippen LogP contribution in [0.1, 0.15) is 54.4 Å². The van der Waals surface area contributed by atoms with Crippen LogP contribution in [0.4, 0.5) is 11.4 Å². The van der Waals surface area contributed by atoms with E-state index in [9.17, 15) is 14.7 Å². The van der Waals surface area contributed by atoms with E-state index in [0.29, 0.717) is 82.9 Å². The van der Waals surface area contributed by atoms with E-state index in [1.807, 2.05) is 65.6 Å². The van der Waals surface area contributed by atoms with Gasteiger partial charge in [0.05, 0.1) is 60.2 Å². The number of amides is 2. The molecule has 2 unspecified atom stereocenters. The average Bonchev–Trinajstić information content (AvgIpc) is 3.42. The zero-order chi connectivity index (χ0) is 39.2. The lowest BCUT2D eigenvalue weighted by atomic mass is 9.93. The van der Waals surface area contributed by atoms with Crippen LogP contribution in [0.3, 0.4) is 0 Å². The zero-order valence-electron chi connectivity index (χ0n) is 32.0. The first kappa shape index (κ1) is 36.3. The van der Waals surface area contributed by atoms with Gasteiger partial charge in [0.2, 0.25) is 0 Å². The van der Waals surface area contributed by atoms with Gasteiger partial charge in [-0.15, -0.1) is 0 Å². The van der Waals surface area contributed by atoms with E-state index in [-0.39, 0.29) is 31.1 Å². The molecule has 0 saturated carbocycles. The highest BCUT2D eigenvalue weighted by Gasteiger charge is 2.43. The predicted molar refractivity (Wildman–Crippen MR) is 213 cm³/mol. The SMILES string of the molecule is CNN1c2cc(OCc3cccc(COc4cc5c(cc4OC)C(=O)N4Cc6ccccc6C[C@H]4CN5)n3)c(OC)cc2C(=O)N2Cc3ccccc3CC2C1O. The normalized spacial score (nSPS) is 19.4. The number of aliphatic hydroxyl groups is 1. The summed E-state index contributed by atoms with van der Waals surface area (Å²) in [6, 6.07) is 28.4. The molecular weight excluding hydrogens is 725 g/mol. The number of methoxy groups -OCH3 is 2. The number of hydrogen-bond acceptors (Lipinski definition) is 11. The Labute approximate surface area is 330 Å². The number of nitrogens with one attached hydrogen (secondary N) is 2. The number of carbonyl (C=O) groups is 2. The highest BCUT2D eigenvalue weighted by molar-refractivity contribution is 6.02. The van der Waals surface area contributed by atoms with Gasteiger partial charge in [0.1, 0.15) is 13.2 Å². The summed E-state index contributed by atoms with van der Waals surface area (Å²) in [4.78, 5) is 36.4. The van der Waals surface area contributed by atoms with Gasteiger partial charge in [-0.1, -0.05) is 54.6 Å². The largest absolute Gasteiger partial charge is 0.493 e. The second kappa shape index (κ2) is 15.0. The lowest BCUT2D eigenvalue weighted by Gasteiger charge is -2.40. The first-order chi connectivity index (χ1) is 27.8. The molecule has 0 spiro atoms. The molecular formula is C44H44N6O7. The number of hydrazine groups is 1. The maximum atomic E-state index is 14.1. The minimum Gasteiger partial charge on any atom is -0.493 e. The third kappa shape index (κ3) is 6.62. The Morgan fingerprint density at radius 2 is 1.30 bits per heavy atom. The van der Waals surface area contributed by atoms with Gasteiger partial charge in [-0.05, 0) is 59.4 Å². The van der Waals surface area contributed by atoms with Gasteiger partial charge in [-0.2, -0.15) is 0 Å². The Morgan fingerprint density at radius 1 is 0.719 bits per heavy atom. The number of benzene rings is 4. The average molecular weight is 769 g/mol. The van der Waals surface area contributed by atoms with Crippen molar-refractivity contribution in [2.45, 2.75) is 57.5 Å². The maximum Gasteiger partial charge on any atom is 0.256 e. The summed E-state index contributed by atoms with van der Waals surface area (Å²) < 4.78 is 24.0. The number of nitrogens with zero attached hydrogens (tertiary/aromatic N) is 4. The van der Waals surface area contributed by atoms with Gasteiger partial charge in [0.25, 0.3) is 11.8 Å². The van der Waals surface area contributed by atoms with Crippen LogP contribution in [-0.2, 0) is 39.1 Å². The third-order valence-corrected chi connectivity index (χ3v) is 11.5. The van der Waals surface area contributed by atoms with Crippen molar-refractivity contribution in [3.8, 4) is 23.0 Å². The van der Waals surface area contributed by atoms with E-state index in [4.69, 9.17) is 23.9 Å². The van der Waals surface area contributed by atoms with Crippen molar-refractivity contribution < 1.29 is 33.6 Å². The van der Waals surface area contributed by atoms with Crippen LogP contribution in [0.15, 0.2) is 91.0 Å². The standard InChI is InChI=1S/C44H44N6O7/c1-45-50-36-20-41(39(55-3)18-34(36)43(52)49-23-29-12-7-5-10-27(29)16-37(49)44(50)53)57-25-31-14-8-13-30(47-31)24-56-40-19-35-33(17-38(40)54-2)42(51)48-22-28-11-6-4-9-26(28)15-32(48)21-46-35/h4-14,17-20,32,37,44-46,53H,15-16,21-25H2,1-3H3/t32-,37?,44?/m0/s1. The Balaban J connectivity index is 0.910. The van der Waals surface area contributed by atoms with Crippen LogP contribution in [-0.4, -0.2) is 77.8 Å². The van der Waals surface area contributed by atoms with Gasteiger partial charge in [-0.25, -0.2) is 5.43 Å². The summed E-state index contributed by atoms with van der Waals surface area (Å²) in [6.07, 6.45) is 0.286. The lowest BCUT2D eigenvalue weighted by molar-refractivity contribution is 0.0283. The number of carbonyl (C=O) groups excluding carboxylic acids is 2. The summed E-state index contributed by atoms with van der Waals surface area (Å²) in [6.45, 7) is 1.82. The molecule has 0 saturated heterocycles. The fourth-order valence-corrected chi connectivity index (χ4v) is 8.49. The number of aromatic nitrogens is 1. The Kier molecular flexibility index (Phi) is 9.55. The minimum atomic E-state index is -1.03. The molecule has 13 nitrogen and oxygen atoms in total. The van der Waals surface area contributed by atoms with Crippen molar-refractivity contribution in [2.24, 2.45) is 0 Å². The van der Waals surface area contributed by atoms with E-state index in [0.717, 1.165) is 17.5 Å². The molecule has 5 heterocycles. The molecule has 0 fully saturated rings. The maximum absolute atomic E-state index is 14.1. The van der Waals surface area contributed by atoms with Crippen molar-refractivity contribution in [3.63, 3.8) is 0 Å². The number of anilines is 2. The molecule has 2 amide bonds. The molecule has 0 radical (unpaired) electrons. The molecule has 0 bridgehead atoms. The predicted octanol–water partition coefficient (Wildman–Crippen LogP) is 5.09. The number of rotatable bonds is 9. The van der Waals surface area contributed by atoms with E-state index >= 15 is 0 Å². The molecule has 5 aromatic rings. The Hall–Kier alpha value is -6.31. The first-order valence-corrected chi connectivity index (χ1v) is 19.1. The fraction of sp³-hybridized carbons (Fsp3) is 0.295. The fourth-order valence-electron chi connectivity index (χ4n) is 8.49. The molecule has 9 rings (SSSR count). The molecule has 4 aliphatic rings. The monoisotopic (exact) mass is 768 g/mol. The molecule has 57 heavy (non-hydrogen) atoms. The summed E-state index contributed by atoms with van der Waals surface area (Å²) in [5.41, 5.74) is 11.1. The van der Waals surface area contributed by atoms with Crippen LogP contribution in [0.2, 0.25) is 0 Å². The first-order valence-electron chi connectivity index (χ1n) is 19.1. The molecule has 3 N–H and O–H groups in total. The van der Waals surface area contributed by atoms with Crippen LogP contribution in [0, 0.1) is 0 Å². The quantitative estimate of drug-likeness (QED) is 0.185. The Morgan fingerprint density at radius 3 is 1.95 bits per heavy atom. The molecule has 3 atom stereocenters. The van der Waals surface area contributed by atoms with Crippen molar-refractivity contribution in [1.29, 1.82) is 0 Å². The number of pyridine rings is 1. The van der Waals surface area contributed by atoms with Crippen LogP contribution >= 0.6 is 0 Å². The van der Waals surface area contributed by atoms with Crippen LogP contribution < -0.4 is 34.7 Å². The van der Waals surface area contributed by atoms with Gasteiger partial charge in [0.15, 0.2) is 29.2 Å². The van der Waals surface area contributed by atoms with E-state index < -0.39 is 12.3 Å². The van der Waals surface area contributed by atoms with Crippen molar-refractivity contribution in [2.75, 3.05) is 38.1 Å². The number of aliphatic hydroxyl groups excluding tert-OH is 1. The topological polar surface area (TPSA) is 138 Å². The molecule has 292 valence electrons. The van der Waals surface area contributed by atoms with Gasteiger partial charge < -0.3 is 39.2 Å². The molecule has 4 aliphatic heterocycles. The lowest BCUT2D eigenvalue weighted by Crippen LogP contribution is -2.56. The Bertz CT molecular complexity index is 2370. The van der Waals surface area contributed by atoms with Crippen LogP contribution in [0.25, 0.3) is 0 Å². The van der Waals surface area contributed by atoms with Crippen molar-refractivity contribution >= 4 is 23.2 Å². The number of ether oxygens (including phenoxy) is 4. The highest BCUT2D eigenvalue weighted by atomic mass is 16.5. The summed E-state index contributed by atoms with van der Waals surface area (Å²) >= 11 is 0. The number of fused-ring (bicyclic) bond motifs is 6. The zero-order valence-corrected chi connectivity index (χ0v) is 32.0. The van der Waals surface area contributed by atoms with Crippen LogP contribution in [0.5, 0.6) is 23.0 Å².